The first-order valence-electron chi connectivity index (χ1n) is 8.52. The van der Waals surface area contributed by atoms with Crippen LogP contribution in [0, 0.1) is 0 Å². The number of ether oxygens (including phenoxy) is 2. The number of likely N-dealkylation sites (N-methyl/N-ethyl adjacent to an activating group) is 1. The van der Waals surface area contributed by atoms with Gasteiger partial charge < -0.3 is 20.1 Å². The van der Waals surface area contributed by atoms with E-state index in [1.165, 1.54) is 18.4 Å². The number of hydrogen-bond donors (Lipinski definition) is 1. The van der Waals surface area contributed by atoms with Crippen LogP contribution >= 0.6 is 0 Å². The van der Waals surface area contributed by atoms with E-state index in [1.54, 1.807) is 7.11 Å². The highest BCUT2D eigenvalue weighted by molar-refractivity contribution is 5.44. The first-order valence-corrected chi connectivity index (χ1v) is 8.52. The van der Waals surface area contributed by atoms with Crippen molar-refractivity contribution in [3.63, 3.8) is 0 Å². The second kappa shape index (κ2) is 8.52. The first kappa shape index (κ1) is 18.0. The molecule has 0 bridgehead atoms. The third kappa shape index (κ3) is 4.37. The van der Waals surface area contributed by atoms with Gasteiger partial charge in [-0.25, -0.2) is 0 Å². The number of methoxy groups -OCH3 is 1. The van der Waals surface area contributed by atoms with Gasteiger partial charge in [-0.05, 0) is 64.6 Å². The van der Waals surface area contributed by atoms with Crippen LogP contribution < -0.4 is 15.2 Å². The second-order valence-corrected chi connectivity index (χ2v) is 6.29. The lowest BCUT2D eigenvalue weighted by Gasteiger charge is -2.39. The summed E-state index contributed by atoms with van der Waals surface area (Å²) in [7, 11) is 6.05. The molecular weight excluding hydrogens is 290 g/mol. The lowest BCUT2D eigenvalue weighted by atomic mass is 9.98. The predicted octanol–water partition coefficient (Wildman–Crippen LogP) is 2.12. The Hall–Kier alpha value is -1.30. The van der Waals surface area contributed by atoms with Crippen molar-refractivity contribution in [3.05, 3.63) is 23.8 Å². The van der Waals surface area contributed by atoms with Crippen LogP contribution in [0.4, 0.5) is 0 Å². The fourth-order valence-electron chi connectivity index (χ4n) is 3.36. The SMILES string of the molecule is CCOc1cc(C(CN)N(C)C2CCN(C)CC2)ccc1OC. The minimum Gasteiger partial charge on any atom is -0.493 e. The Balaban J connectivity index is 2.17. The average Bonchev–Trinajstić information content (AvgIpc) is 2.56. The third-order valence-corrected chi connectivity index (χ3v) is 4.85. The summed E-state index contributed by atoms with van der Waals surface area (Å²) >= 11 is 0. The highest BCUT2D eigenvalue weighted by Crippen LogP contribution is 2.33. The van der Waals surface area contributed by atoms with E-state index in [0.717, 1.165) is 24.6 Å². The number of piperidine rings is 1. The molecule has 1 heterocycles. The summed E-state index contributed by atoms with van der Waals surface area (Å²) in [6, 6.07) is 6.94. The van der Waals surface area contributed by atoms with Gasteiger partial charge in [0.1, 0.15) is 0 Å². The third-order valence-electron chi connectivity index (χ3n) is 4.85. The quantitative estimate of drug-likeness (QED) is 0.834. The van der Waals surface area contributed by atoms with Gasteiger partial charge in [0.05, 0.1) is 13.7 Å². The van der Waals surface area contributed by atoms with Gasteiger partial charge in [0, 0.05) is 18.6 Å². The van der Waals surface area contributed by atoms with Crippen LogP contribution in [0.3, 0.4) is 0 Å². The number of rotatable bonds is 7. The minimum absolute atomic E-state index is 0.202. The molecule has 2 rings (SSSR count). The van der Waals surface area contributed by atoms with Crippen LogP contribution in [0.5, 0.6) is 11.5 Å². The molecule has 1 saturated heterocycles. The van der Waals surface area contributed by atoms with Crippen LogP contribution in [-0.2, 0) is 0 Å². The maximum Gasteiger partial charge on any atom is 0.161 e. The van der Waals surface area contributed by atoms with Crippen molar-refractivity contribution in [2.24, 2.45) is 5.73 Å². The fraction of sp³-hybridized carbons (Fsp3) is 0.667. The highest BCUT2D eigenvalue weighted by Gasteiger charge is 2.26. The maximum absolute atomic E-state index is 6.11. The molecule has 0 amide bonds. The maximum atomic E-state index is 6.11. The van der Waals surface area contributed by atoms with Gasteiger partial charge in [-0.15, -0.1) is 0 Å². The Morgan fingerprint density at radius 2 is 2.00 bits per heavy atom. The normalized spacial score (nSPS) is 18.2. The van der Waals surface area contributed by atoms with E-state index in [-0.39, 0.29) is 6.04 Å². The predicted molar refractivity (Wildman–Crippen MR) is 94.2 cm³/mol. The van der Waals surface area contributed by atoms with Crippen LogP contribution in [0.1, 0.15) is 31.4 Å². The molecule has 0 aromatic heterocycles. The summed E-state index contributed by atoms with van der Waals surface area (Å²) < 4.78 is 11.1. The van der Waals surface area contributed by atoms with E-state index in [2.05, 4.69) is 36.0 Å². The molecular formula is C18H31N3O2. The second-order valence-electron chi connectivity index (χ2n) is 6.29. The van der Waals surface area contributed by atoms with E-state index in [0.29, 0.717) is 19.2 Å². The molecule has 1 atom stereocenters. The molecule has 1 aliphatic rings. The van der Waals surface area contributed by atoms with E-state index < -0.39 is 0 Å². The molecule has 1 fully saturated rings. The zero-order valence-corrected chi connectivity index (χ0v) is 14.9. The lowest BCUT2D eigenvalue weighted by molar-refractivity contribution is 0.109. The van der Waals surface area contributed by atoms with Gasteiger partial charge >= 0.3 is 0 Å². The highest BCUT2D eigenvalue weighted by atomic mass is 16.5. The number of nitrogens with two attached hydrogens (primary N) is 1. The van der Waals surface area contributed by atoms with Crippen molar-refractivity contribution in [1.29, 1.82) is 0 Å². The fourth-order valence-corrected chi connectivity index (χ4v) is 3.36. The number of nitrogens with zero attached hydrogens (tertiary/aromatic N) is 2. The Kier molecular flexibility index (Phi) is 6.69. The van der Waals surface area contributed by atoms with Crippen LogP contribution in [0.2, 0.25) is 0 Å². The summed E-state index contributed by atoms with van der Waals surface area (Å²) in [5, 5.41) is 0. The Bertz CT molecular complexity index is 487. The smallest absolute Gasteiger partial charge is 0.161 e. The summed E-state index contributed by atoms with van der Waals surface area (Å²) in [6.07, 6.45) is 2.38. The molecule has 0 spiro atoms. The van der Waals surface area contributed by atoms with Crippen molar-refractivity contribution < 1.29 is 9.47 Å². The van der Waals surface area contributed by atoms with Crippen molar-refractivity contribution in [1.82, 2.24) is 9.80 Å². The Morgan fingerprint density at radius 1 is 1.30 bits per heavy atom. The van der Waals surface area contributed by atoms with Crippen molar-refractivity contribution in [3.8, 4) is 11.5 Å². The van der Waals surface area contributed by atoms with Gasteiger partial charge in [-0.1, -0.05) is 6.07 Å². The molecule has 1 unspecified atom stereocenters. The topological polar surface area (TPSA) is 51.0 Å². The van der Waals surface area contributed by atoms with Crippen LogP contribution in [-0.4, -0.2) is 63.3 Å². The monoisotopic (exact) mass is 321 g/mol. The molecule has 1 aromatic carbocycles. The first-order chi connectivity index (χ1) is 11.1. The van der Waals surface area contributed by atoms with Gasteiger partial charge in [-0.3, -0.25) is 4.90 Å². The largest absolute Gasteiger partial charge is 0.493 e. The Morgan fingerprint density at radius 3 is 2.57 bits per heavy atom. The van der Waals surface area contributed by atoms with Crippen molar-refractivity contribution in [2.45, 2.75) is 31.8 Å². The van der Waals surface area contributed by atoms with Crippen LogP contribution in [0.25, 0.3) is 0 Å². The van der Waals surface area contributed by atoms with Crippen molar-refractivity contribution in [2.75, 3.05) is 47.4 Å². The number of likely N-dealkylation sites (tertiary alicyclic amines) is 1. The molecule has 2 N–H and O–H groups in total. The molecule has 5 nitrogen and oxygen atoms in total. The average molecular weight is 321 g/mol. The summed E-state index contributed by atoms with van der Waals surface area (Å²) in [5.41, 5.74) is 7.30. The number of hydrogen-bond acceptors (Lipinski definition) is 5. The summed E-state index contributed by atoms with van der Waals surface area (Å²) in [4.78, 5) is 4.83. The molecule has 130 valence electrons. The zero-order chi connectivity index (χ0) is 16.8. The molecule has 0 saturated carbocycles. The molecule has 1 aliphatic heterocycles. The van der Waals surface area contributed by atoms with E-state index >= 15 is 0 Å². The standard InChI is InChI=1S/C18H31N3O2/c1-5-23-18-12-14(6-7-17(18)22-4)16(13-19)21(3)15-8-10-20(2)11-9-15/h6-7,12,15-16H,5,8-11,13,19H2,1-4H3. The van der Waals surface area contributed by atoms with E-state index in [9.17, 15) is 0 Å². The molecule has 1 aromatic rings. The molecule has 23 heavy (non-hydrogen) atoms. The van der Waals surface area contributed by atoms with Crippen molar-refractivity contribution >= 4 is 0 Å². The summed E-state index contributed by atoms with van der Waals surface area (Å²) in [5.74, 6) is 1.57. The van der Waals surface area contributed by atoms with E-state index in [1.807, 2.05) is 13.0 Å². The van der Waals surface area contributed by atoms with Gasteiger partial charge in [0.15, 0.2) is 11.5 Å². The van der Waals surface area contributed by atoms with E-state index in [4.69, 9.17) is 15.2 Å². The van der Waals surface area contributed by atoms with Gasteiger partial charge in [0.25, 0.3) is 0 Å². The zero-order valence-electron chi connectivity index (χ0n) is 14.9. The molecule has 5 heteroatoms. The summed E-state index contributed by atoms with van der Waals surface area (Å²) in [6.45, 7) is 5.51. The number of benzene rings is 1. The van der Waals surface area contributed by atoms with Gasteiger partial charge in [0.2, 0.25) is 0 Å². The lowest BCUT2D eigenvalue weighted by Crippen LogP contribution is -2.45. The van der Waals surface area contributed by atoms with Gasteiger partial charge in [-0.2, -0.15) is 0 Å². The Labute approximate surface area is 140 Å². The van der Waals surface area contributed by atoms with Crippen LogP contribution in [0.15, 0.2) is 18.2 Å². The molecule has 0 radical (unpaired) electrons. The minimum atomic E-state index is 0.202. The molecule has 0 aliphatic carbocycles.